The Morgan fingerprint density at radius 3 is 2.44 bits per heavy atom. The van der Waals surface area contributed by atoms with Crippen molar-refractivity contribution in [1.82, 2.24) is 4.98 Å². The van der Waals surface area contributed by atoms with Gasteiger partial charge in [0.1, 0.15) is 5.82 Å². The molecular weight excluding hydrogens is 196 g/mol. The SMILES string of the molecule is CCCN(CC)c1ccc(CC(C)C)cn1. The molecule has 0 bridgehead atoms. The molecule has 1 rings (SSSR count). The van der Waals surface area contributed by atoms with E-state index >= 15 is 0 Å². The number of rotatable bonds is 6. The zero-order valence-corrected chi connectivity index (χ0v) is 11.0. The summed E-state index contributed by atoms with van der Waals surface area (Å²) in [5, 5.41) is 0. The number of pyridine rings is 1. The quantitative estimate of drug-likeness (QED) is 0.729. The summed E-state index contributed by atoms with van der Waals surface area (Å²) in [6.45, 7) is 11.0. The molecule has 0 aromatic carbocycles. The lowest BCUT2D eigenvalue weighted by atomic mass is 10.1. The van der Waals surface area contributed by atoms with Gasteiger partial charge in [0.05, 0.1) is 0 Å². The van der Waals surface area contributed by atoms with Gasteiger partial charge in [-0.3, -0.25) is 0 Å². The average Bonchev–Trinajstić information content (AvgIpc) is 2.26. The first-order chi connectivity index (χ1) is 7.67. The molecule has 0 aliphatic heterocycles. The molecule has 0 amide bonds. The Kier molecular flexibility index (Phi) is 5.30. The third kappa shape index (κ3) is 3.84. The molecule has 0 aliphatic rings. The van der Waals surface area contributed by atoms with Gasteiger partial charge in [0.25, 0.3) is 0 Å². The smallest absolute Gasteiger partial charge is 0.128 e. The van der Waals surface area contributed by atoms with Gasteiger partial charge in [-0.2, -0.15) is 0 Å². The molecule has 0 N–H and O–H groups in total. The second kappa shape index (κ2) is 6.51. The highest BCUT2D eigenvalue weighted by molar-refractivity contribution is 5.39. The Hall–Kier alpha value is -1.05. The van der Waals surface area contributed by atoms with Crippen LogP contribution in [0.2, 0.25) is 0 Å². The normalized spacial score (nSPS) is 10.8. The summed E-state index contributed by atoms with van der Waals surface area (Å²) in [4.78, 5) is 6.87. The summed E-state index contributed by atoms with van der Waals surface area (Å²) < 4.78 is 0. The first kappa shape index (κ1) is 13.0. The van der Waals surface area contributed by atoms with E-state index in [1.165, 1.54) is 12.0 Å². The largest absolute Gasteiger partial charge is 0.357 e. The van der Waals surface area contributed by atoms with Crippen LogP contribution in [0.5, 0.6) is 0 Å². The molecule has 0 fully saturated rings. The van der Waals surface area contributed by atoms with Crippen molar-refractivity contribution in [2.45, 2.75) is 40.5 Å². The highest BCUT2D eigenvalue weighted by atomic mass is 15.2. The fraction of sp³-hybridized carbons (Fsp3) is 0.643. The van der Waals surface area contributed by atoms with E-state index in [1.54, 1.807) is 0 Å². The third-order valence-electron chi connectivity index (χ3n) is 2.65. The highest BCUT2D eigenvalue weighted by Gasteiger charge is 2.04. The minimum Gasteiger partial charge on any atom is -0.357 e. The minimum atomic E-state index is 0.700. The summed E-state index contributed by atoms with van der Waals surface area (Å²) >= 11 is 0. The van der Waals surface area contributed by atoms with Gasteiger partial charge in [0, 0.05) is 19.3 Å². The third-order valence-corrected chi connectivity index (χ3v) is 2.65. The Labute approximate surface area is 99.7 Å². The summed E-state index contributed by atoms with van der Waals surface area (Å²) in [6, 6.07) is 4.36. The van der Waals surface area contributed by atoms with E-state index in [-0.39, 0.29) is 0 Å². The fourth-order valence-corrected chi connectivity index (χ4v) is 1.90. The second-order valence-electron chi connectivity index (χ2n) is 4.70. The Bertz CT molecular complexity index is 290. The molecule has 2 heteroatoms. The van der Waals surface area contributed by atoms with Gasteiger partial charge in [0.2, 0.25) is 0 Å². The standard InChI is InChI=1S/C14H24N2/c1-5-9-16(6-2)14-8-7-13(11-15-14)10-12(3)4/h7-8,11-12H,5-6,9-10H2,1-4H3. The van der Waals surface area contributed by atoms with Gasteiger partial charge in [-0.1, -0.05) is 26.8 Å². The Balaban J connectivity index is 2.69. The van der Waals surface area contributed by atoms with Crippen molar-refractivity contribution in [3.63, 3.8) is 0 Å². The van der Waals surface area contributed by atoms with Crippen LogP contribution in [0, 0.1) is 5.92 Å². The molecule has 16 heavy (non-hydrogen) atoms. The monoisotopic (exact) mass is 220 g/mol. The van der Waals surface area contributed by atoms with Crippen LogP contribution in [0.4, 0.5) is 5.82 Å². The zero-order valence-electron chi connectivity index (χ0n) is 11.0. The van der Waals surface area contributed by atoms with Crippen molar-refractivity contribution in [2.24, 2.45) is 5.92 Å². The molecule has 0 atom stereocenters. The topological polar surface area (TPSA) is 16.1 Å². The van der Waals surface area contributed by atoms with Crippen LogP contribution in [-0.2, 0) is 6.42 Å². The van der Waals surface area contributed by atoms with Gasteiger partial charge >= 0.3 is 0 Å². The predicted molar refractivity (Wildman–Crippen MR) is 71.0 cm³/mol. The van der Waals surface area contributed by atoms with Gasteiger partial charge in [-0.05, 0) is 37.3 Å². The Morgan fingerprint density at radius 2 is 2.00 bits per heavy atom. The van der Waals surface area contributed by atoms with E-state index in [0.717, 1.165) is 25.3 Å². The zero-order chi connectivity index (χ0) is 12.0. The lowest BCUT2D eigenvalue weighted by molar-refractivity contribution is 0.645. The molecule has 90 valence electrons. The number of hydrogen-bond acceptors (Lipinski definition) is 2. The van der Waals surface area contributed by atoms with E-state index in [0.29, 0.717) is 5.92 Å². The van der Waals surface area contributed by atoms with Gasteiger partial charge in [0.15, 0.2) is 0 Å². The van der Waals surface area contributed by atoms with E-state index in [4.69, 9.17) is 0 Å². The van der Waals surface area contributed by atoms with Gasteiger partial charge in [-0.15, -0.1) is 0 Å². The van der Waals surface area contributed by atoms with Crippen LogP contribution in [0.25, 0.3) is 0 Å². The molecule has 0 saturated carbocycles. The van der Waals surface area contributed by atoms with Gasteiger partial charge in [-0.25, -0.2) is 4.98 Å². The van der Waals surface area contributed by atoms with E-state index in [2.05, 4.69) is 49.7 Å². The number of hydrogen-bond donors (Lipinski definition) is 0. The van der Waals surface area contributed by atoms with Crippen LogP contribution < -0.4 is 4.90 Å². The van der Waals surface area contributed by atoms with Crippen LogP contribution in [0.1, 0.15) is 39.7 Å². The van der Waals surface area contributed by atoms with Crippen LogP contribution in [0.3, 0.4) is 0 Å². The highest BCUT2D eigenvalue weighted by Crippen LogP contribution is 2.13. The van der Waals surface area contributed by atoms with Crippen LogP contribution in [0.15, 0.2) is 18.3 Å². The Morgan fingerprint density at radius 1 is 1.25 bits per heavy atom. The van der Waals surface area contributed by atoms with Gasteiger partial charge < -0.3 is 4.90 Å². The molecule has 1 aromatic rings. The molecule has 2 nitrogen and oxygen atoms in total. The van der Waals surface area contributed by atoms with E-state index in [9.17, 15) is 0 Å². The molecule has 0 spiro atoms. The first-order valence-electron chi connectivity index (χ1n) is 6.37. The van der Waals surface area contributed by atoms with Crippen molar-refractivity contribution < 1.29 is 0 Å². The van der Waals surface area contributed by atoms with Crippen molar-refractivity contribution in [2.75, 3.05) is 18.0 Å². The van der Waals surface area contributed by atoms with Crippen molar-refractivity contribution in [3.05, 3.63) is 23.9 Å². The lowest BCUT2D eigenvalue weighted by Crippen LogP contribution is -2.24. The summed E-state index contributed by atoms with van der Waals surface area (Å²) in [7, 11) is 0. The van der Waals surface area contributed by atoms with Crippen LogP contribution in [-0.4, -0.2) is 18.1 Å². The molecule has 0 saturated heterocycles. The molecular formula is C14H24N2. The van der Waals surface area contributed by atoms with E-state index in [1.807, 2.05) is 6.20 Å². The summed E-state index contributed by atoms with van der Waals surface area (Å²) in [5.41, 5.74) is 1.34. The minimum absolute atomic E-state index is 0.700. The molecule has 0 radical (unpaired) electrons. The molecule has 0 unspecified atom stereocenters. The number of anilines is 1. The number of nitrogens with zero attached hydrogens (tertiary/aromatic N) is 2. The maximum absolute atomic E-state index is 4.55. The summed E-state index contributed by atoms with van der Waals surface area (Å²) in [6.07, 6.45) is 4.31. The number of aromatic nitrogens is 1. The maximum atomic E-state index is 4.55. The average molecular weight is 220 g/mol. The van der Waals surface area contributed by atoms with E-state index < -0.39 is 0 Å². The fourth-order valence-electron chi connectivity index (χ4n) is 1.90. The maximum Gasteiger partial charge on any atom is 0.128 e. The lowest BCUT2D eigenvalue weighted by Gasteiger charge is -2.21. The second-order valence-corrected chi connectivity index (χ2v) is 4.70. The molecule has 1 heterocycles. The summed E-state index contributed by atoms with van der Waals surface area (Å²) in [5.74, 6) is 1.81. The van der Waals surface area contributed by atoms with Crippen molar-refractivity contribution in [3.8, 4) is 0 Å². The van der Waals surface area contributed by atoms with Crippen molar-refractivity contribution in [1.29, 1.82) is 0 Å². The molecule has 0 aliphatic carbocycles. The van der Waals surface area contributed by atoms with Crippen molar-refractivity contribution >= 4 is 5.82 Å². The van der Waals surface area contributed by atoms with Crippen LogP contribution >= 0.6 is 0 Å². The predicted octanol–water partition coefficient (Wildman–Crippen LogP) is 3.52. The first-order valence-corrected chi connectivity index (χ1v) is 6.37. The molecule has 1 aromatic heterocycles.